The van der Waals surface area contributed by atoms with Gasteiger partial charge in [-0.25, -0.2) is 21.5 Å². The zero-order chi connectivity index (χ0) is 20.5. The average Bonchev–Trinajstić information content (AvgIpc) is 2.62. The van der Waals surface area contributed by atoms with E-state index in [9.17, 15) is 22.0 Å². The molecule has 0 fully saturated rings. The van der Waals surface area contributed by atoms with E-state index in [0.717, 1.165) is 16.4 Å². The molecule has 2 rings (SSSR count). The molecule has 146 valence electrons. The molecule has 0 saturated carbocycles. The molecule has 0 bridgehead atoms. The topological polar surface area (TPSA) is 57.7 Å². The maximum Gasteiger partial charge on any atom is 0.255 e. The van der Waals surface area contributed by atoms with Gasteiger partial charge in [-0.05, 0) is 42.8 Å². The molecule has 0 heterocycles. The zero-order valence-corrected chi connectivity index (χ0v) is 16.8. The number of rotatable bonds is 5. The van der Waals surface area contributed by atoms with Crippen LogP contribution in [0, 0.1) is 11.6 Å². The third-order valence-electron chi connectivity index (χ3n) is 4.27. The summed E-state index contributed by atoms with van der Waals surface area (Å²) in [6.45, 7) is 1.64. The van der Waals surface area contributed by atoms with Crippen molar-refractivity contribution in [2.45, 2.75) is 17.9 Å². The van der Waals surface area contributed by atoms with Crippen LogP contribution in [0.1, 0.15) is 28.9 Å². The van der Waals surface area contributed by atoms with E-state index in [2.05, 4.69) is 0 Å². The molecule has 9 heteroatoms. The van der Waals surface area contributed by atoms with Crippen molar-refractivity contribution >= 4 is 27.5 Å². The number of benzene rings is 2. The summed E-state index contributed by atoms with van der Waals surface area (Å²) >= 11 is 6.10. The van der Waals surface area contributed by atoms with Gasteiger partial charge in [0.05, 0.1) is 21.5 Å². The van der Waals surface area contributed by atoms with Gasteiger partial charge in [0.1, 0.15) is 0 Å². The molecular formula is C18H19ClF2N2O3S. The molecule has 2 aromatic rings. The summed E-state index contributed by atoms with van der Waals surface area (Å²) in [7, 11) is 0.480. The Hall–Kier alpha value is -2.03. The summed E-state index contributed by atoms with van der Waals surface area (Å²) in [4.78, 5) is 14.0. The lowest BCUT2D eigenvalue weighted by Crippen LogP contribution is -2.30. The quantitative estimate of drug-likeness (QED) is 0.746. The van der Waals surface area contributed by atoms with Crippen molar-refractivity contribution in [2.75, 3.05) is 21.1 Å². The maximum absolute atomic E-state index is 13.5. The Morgan fingerprint density at radius 2 is 1.67 bits per heavy atom. The molecule has 0 aromatic heterocycles. The minimum atomic E-state index is -3.75. The van der Waals surface area contributed by atoms with E-state index in [1.165, 1.54) is 50.3 Å². The molecule has 0 radical (unpaired) electrons. The predicted octanol–water partition coefficient (Wildman–Crippen LogP) is 3.70. The highest BCUT2D eigenvalue weighted by Gasteiger charge is 2.25. The number of carbonyl (C=O) groups is 1. The van der Waals surface area contributed by atoms with Gasteiger partial charge in [-0.15, -0.1) is 0 Å². The van der Waals surface area contributed by atoms with Crippen LogP contribution in [0.25, 0.3) is 0 Å². The fraction of sp³-hybridized carbons (Fsp3) is 0.278. The Morgan fingerprint density at radius 1 is 1.04 bits per heavy atom. The summed E-state index contributed by atoms with van der Waals surface area (Å²) in [5, 5.41) is 0.0852. The second-order valence-electron chi connectivity index (χ2n) is 6.19. The average molecular weight is 417 g/mol. The molecule has 1 atom stereocenters. The molecule has 0 spiro atoms. The maximum atomic E-state index is 13.5. The van der Waals surface area contributed by atoms with Gasteiger partial charge in [-0.2, -0.15) is 0 Å². The highest BCUT2D eigenvalue weighted by Crippen LogP contribution is 2.27. The van der Waals surface area contributed by atoms with Crippen molar-refractivity contribution in [3.05, 3.63) is 64.2 Å². The second kappa shape index (κ2) is 7.92. The van der Waals surface area contributed by atoms with Crippen LogP contribution >= 0.6 is 11.6 Å². The normalized spacial score (nSPS) is 12.9. The van der Waals surface area contributed by atoms with Gasteiger partial charge in [0.2, 0.25) is 10.0 Å². The minimum Gasteiger partial charge on any atom is -0.335 e. The van der Waals surface area contributed by atoms with Crippen LogP contribution in [0.2, 0.25) is 5.02 Å². The molecule has 27 heavy (non-hydrogen) atoms. The SMILES string of the molecule is CC(c1ccc(F)c(F)c1)N(C)C(=O)c1cc(S(=O)(=O)N(C)C)ccc1Cl. The van der Waals surface area contributed by atoms with Gasteiger partial charge in [-0.3, -0.25) is 4.79 Å². The fourth-order valence-electron chi connectivity index (χ4n) is 2.40. The third-order valence-corrected chi connectivity index (χ3v) is 6.41. The highest BCUT2D eigenvalue weighted by molar-refractivity contribution is 7.89. The second-order valence-corrected chi connectivity index (χ2v) is 8.75. The number of carbonyl (C=O) groups excluding carboxylic acids is 1. The van der Waals surface area contributed by atoms with E-state index < -0.39 is 33.6 Å². The van der Waals surface area contributed by atoms with Crippen LogP contribution in [-0.2, 0) is 10.0 Å². The molecule has 5 nitrogen and oxygen atoms in total. The van der Waals surface area contributed by atoms with Crippen LogP contribution in [0.3, 0.4) is 0 Å². The van der Waals surface area contributed by atoms with E-state index >= 15 is 0 Å². The van der Waals surface area contributed by atoms with Crippen molar-refractivity contribution in [3.63, 3.8) is 0 Å². The number of sulfonamides is 1. The van der Waals surface area contributed by atoms with Crippen molar-refractivity contribution in [2.24, 2.45) is 0 Å². The zero-order valence-electron chi connectivity index (χ0n) is 15.2. The molecule has 0 aliphatic carbocycles. The summed E-state index contributed by atoms with van der Waals surface area (Å²) in [6.07, 6.45) is 0. The molecule has 0 aliphatic heterocycles. The molecule has 1 amide bonds. The van der Waals surface area contributed by atoms with E-state index in [1.807, 2.05) is 0 Å². The molecular weight excluding hydrogens is 398 g/mol. The largest absolute Gasteiger partial charge is 0.335 e. The standard InChI is InChI=1S/C18H19ClF2N2O3S/c1-11(12-5-8-16(20)17(21)9-12)23(4)18(24)14-10-13(6-7-15(14)19)27(25,26)22(2)3/h5-11H,1-4H3. The number of halogens is 3. The Morgan fingerprint density at radius 3 is 2.22 bits per heavy atom. The molecule has 0 saturated heterocycles. The van der Waals surface area contributed by atoms with E-state index in [4.69, 9.17) is 11.6 Å². The minimum absolute atomic E-state index is 0.00322. The van der Waals surface area contributed by atoms with Gasteiger partial charge in [0.25, 0.3) is 5.91 Å². The Labute approximate surface area is 162 Å². The van der Waals surface area contributed by atoms with Gasteiger partial charge >= 0.3 is 0 Å². The highest BCUT2D eigenvalue weighted by atomic mass is 35.5. The summed E-state index contributed by atoms with van der Waals surface area (Å²) in [5.41, 5.74) is 0.384. The predicted molar refractivity (Wildman–Crippen MR) is 99.2 cm³/mol. The van der Waals surface area contributed by atoms with Crippen LogP contribution in [0.5, 0.6) is 0 Å². The molecule has 2 aromatic carbocycles. The number of hydrogen-bond donors (Lipinski definition) is 0. The van der Waals surface area contributed by atoms with Gasteiger partial charge < -0.3 is 4.90 Å². The summed E-state index contributed by atoms with van der Waals surface area (Å²) < 4.78 is 52.2. The Bertz CT molecular complexity index is 981. The van der Waals surface area contributed by atoms with Crippen molar-refractivity contribution < 1.29 is 22.0 Å². The lowest BCUT2D eigenvalue weighted by Gasteiger charge is -2.26. The molecule has 1 unspecified atom stereocenters. The lowest BCUT2D eigenvalue weighted by molar-refractivity contribution is 0.0742. The first-order valence-electron chi connectivity index (χ1n) is 7.91. The van der Waals surface area contributed by atoms with E-state index in [-0.39, 0.29) is 15.5 Å². The molecule has 0 N–H and O–H groups in total. The van der Waals surface area contributed by atoms with E-state index in [0.29, 0.717) is 5.56 Å². The monoisotopic (exact) mass is 416 g/mol. The van der Waals surface area contributed by atoms with E-state index in [1.54, 1.807) is 6.92 Å². The first-order valence-corrected chi connectivity index (χ1v) is 9.72. The first-order chi connectivity index (χ1) is 12.5. The lowest BCUT2D eigenvalue weighted by atomic mass is 10.1. The summed E-state index contributed by atoms with van der Waals surface area (Å²) in [5.74, 6) is -2.55. The van der Waals surface area contributed by atoms with Crippen molar-refractivity contribution in [1.29, 1.82) is 0 Å². The molecule has 0 aliphatic rings. The van der Waals surface area contributed by atoms with Crippen molar-refractivity contribution in [1.82, 2.24) is 9.21 Å². The smallest absolute Gasteiger partial charge is 0.255 e. The third kappa shape index (κ3) is 4.28. The number of hydrogen-bond acceptors (Lipinski definition) is 3. The summed E-state index contributed by atoms with van der Waals surface area (Å²) in [6, 6.07) is 6.62. The van der Waals surface area contributed by atoms with Gasteiger partial charge in [0, 0.05) is 21.1 Å². The first kappa shape index (κ1) is 21.3. The van der Waals surface area contributed by atoms with Crippen LogP contribution in [0.4, 0.5) is 8.78 Å². The number of amides is 1. The fourth-order valence-corrected chi connectivity index (χ4v) is 3.53. The van der Waals surface area contributed by atoms with Crippen molar-refractivity contribution in [3.8, 4) is 0 Å². The van der Waals surface area contributed by atoms with Crippen LogP contribution in [0.15, 0.2) is 41.3 Å². The number of nitrogens with zero attached hydrogens (tertiary/aromatic N) is 2. The Balaban J connectivity index is 2.40. The van der Waals surface area contributed by atoms with Crippen LogP contribution in [-0.4, -0.2) is 44.7 Å². The Kier molecular flexibility index (Phi) is 6.24. The van der Waals surface area contributed by atoms with Gasteiger partial charge in [0.15, 0.2) is 11.6 Å². The van der Waals surface area contributed by atoms with Crippen LogP contribution < -0.4 is 0 Å². The van der Waals surface area contributed by atoms with Gasteiger partial charge in [-0.1, -0.05) is 17.7 Å².